The molecule has 3 amide bonds. The van der Waals surface area contributed by atoms with E-state index in [0.717, 1.165) is 12.8 Å². The molecule has 1 aliphatic heterocycles. The summed E-state index contributed by atoms with van der Waals surface area (Å²) in [5.74, 6) is -0.355. The van der Waals surface area contributed by atoms with Crippen LogP contribution in [0.3, 0.4) is 0 Å². The van der Waals surface area contributed by atoms with Gasteiger partial charge in [0.05, 0.1) is 5.25 Å². The highest BCUT2D eigenvalue weighted by atomic mass is 32.2. The van der Waals surface area contributed by atoms with Crippen molar-refractivity contribution in [2.75, 3.05) is 6.54 Å². The number of nitrogens with one attached hydrogen (secondary N) is 1. The fourth-order valence-corrected chi connectivity index (χ4v) is 4.38. The number of rotatable bonds is 5. The molecule has 0 bridgehead atoms. The van der Waals surface area contributed by atoms with Gasteiger partial charge in [-0.05, 0) is 36.9 Å². The van der Waals surface area contributed by atoms with Crippen molar-refractivity contribution < 1.29 is 19.6 Å². The van der Waals surface area contributed by atoms with Gasteiger partial charge in [-0.2, -0.15) is 0 Å². The molecule has 1 heterocycles. The first-order chi connectivity index (χ1) is 10.4. The summed E-state index contributed by atoms with van der Waals surface area (Å²) in [6, 6.07) is 0. The van der Waals surface area contributed by atoms with Gasteiger partial charge < -0.3 is 0 Å². The van der Waals surface area contributed by atoms with Crippen LogP contribution in [0, 0.1) is 11.8 Å². The maximum absolute atomic E-state index is 12.3. The van der Waals surface area contributed by atoms with Crippen LogP contribution in [-0.4, -0.2) is 44.9 Å². The second kappa shape index (κ2) is 7.46. The van der Waals surface area contributed by atoms with E-state index in [4.69, 9.17) is 5.21 Å². The summed E-state index contributed by atoms with van der Waals surface area (Å²) in [6.07, 6.45) is 3.30. The largest absolute Gasteiger partial charge is 0.289 e. The summed E-state index contributed by atoms with van der Waals surface area (Å²) >= 11 is 1.55. The quantitative estimate of drug-likeness (QED) is 0.454. The minimum absolute atomic E-state index is 0.0566. The van der Waals surface area contributed by atoms with Crippen LogP contribution in [0.4, 0.5) is 0 Å². The smallest absolute Gasteiger partial charge is 0.246 e. The Bertz CT molecular complexity index is 447. The number of nitrogens with zero attached hydrogens (tertiary/aromatic N) is 1. The van der Waals surface area contributed by atoms with E-state index in [1.807, 2.05) is 13.8 Å². The van der Waals surface area contributed by atoms with Gasteiger partial charge in [-0.1, -0.05) is 13.8 Å². The van der Waals surface area contributed by atoms with Crippen molar-refractivity contribution in [1.29, 1.82) is 0 Å². The van der Waals surface area contributed by atoms with E-state index in [0.29, 0.717) is 31.1 Å². The SMILES string of the molecule is CC(C)SC1CC(=O)N(CC2CCC(C(=O)NO)CC2)C1=O. The number of likely N-dealkylation sites (tertiary alicyclic amines) is 1. The van der Waals surface area contributed by atoms with Gasteiger partial charge in [-0.3, -0.25) is 24.5 Å². The first kappa shape index (κ1) is 17.3. The fraction of sp³-hybridized carbons (Fsp3) is 0.800. The molecule has 22 heavy (non-hydrogen) atoms. The van der Waals surface area contributed by atoms with Crippen molar-refractivity contribution in [2.24, 2.45) is 11.8 Å². The first-order valence-corrected chi connectivity index (χ1v) is 8.80. The topological polar surface area (TPSA) is 86.7 Å². The van der Waals surface area contributed by atoms with Crippen LogP contribution in [0.5, 0.6) is 0 Å². The van der Waals surface area contributed by atoms with E-state index in [1.165, 1.54) is 4.90 Å². The summed E-state index contributed by atoms with van der Waals surface area (Å²) in [7, 11) is 0. The fourth-order valence-electron chi connectivity index (χ4n) is 3.24. The molecule has 0 spiro atoms. The van der Waals surface area contributed by atoms with Gasteiger partial charge in [-0.25, -0.2) is 5.48 Å². The van der Waals surface area contributed by atoms with Crippen LogP contribution in [0.2, 0.25) is 0 Å². The van der Waals surface area contributed by atoms with Gasteiger partial charge >= 0.3 is 0 Å². The van der Waals surface area contributed by atoms with Gasteiger partial charge in [0.25, 0.3) is 0 Å². The number of amides is 3. The van der Waals surface area contributed by atoms with E-state index < -0.39 is 0 Å². The van der Waals surface area contributed by atoms with Gasteiger partial charge in [0.2, 0.25) is 17.7 Å². The van der Waals surface area contributed by atoms with Crippen molar-refractivity contribution >= 4 is 29.5 Å². The molecule has 0 radical (unpaired) electrons. The second-order valence-electron chi connectivity index (χ2n) is 6.41. The Morgan fingerprint density at radius 1 is 1.32 bits per heavy atom. The van der Waals surface area contributed by atoms with E-state index in [1.54, 1.807) is 17.2 Å². The van der Waals surface area contributed by atoms with Crippen LogP contribution < -0.4 is 5.48 Å². The third-order valence-corrected chi connectivity index (χ3v) is 5.65. The number of imide groups is 1. The number of carbonyl (C=O) groups excluding carboxylic acids is 3. The molecule has 2 rings (SSSR count). The van der Waals surface area contributed by atoms with Crippen LogP contribution in [-0.2, 0) is 14.4 Å². The highest BCUT2D eigenvalue weighted by molar-refractivity contribution is 8.01. The number of thioether (sulfide) groups is 1. The molecular weight excluding hydrogens is 304 g/mol. The molecule has 0 aromatic heterocycles. The van der Waals surface area contributed by atoms with Crippen molar-refractivity contribution in [3.63, 3.8) is 0 Å². The zero-order valence-electron chi connectivity index (χ0n) is 13.1. The van der Waals surface area contributed by atoms with Crippen molar-refractivity contribution in [3.05, 3.63) is 0 Å². The molecule has 1 aliphatic carbocycles. The molecular formula is C15H24N2O4S. The predicted molar refractivity (Wildman–Crippen MR) is 83.2 cm³/mol. The average molecular weight is 328 g/mol. The van der Waals surface area contributed by atoms with E-state index >= 15 is 0 Å². The number of hydrogen-bond donors (Lipinski definition) is 2. The standard InChI is InChI=1S/C15H24N2O4S/c1-9(2)22-12-7-13(18)17(15(12)20)8-10-3-5-11(6-4-10)14(19)16-21/h9-12,21H,3-8H2,1-2H3,(H,16,19). The summed E-state index contributed by atoms with van der Waals surface area (Å²) in [5.41, 5.74) is 1.70. The van der Waals surface area contributed by atoms with Crippen LogP contribution in [0.15, 0.2) is 0 Å². The van der Waals surface area contributed by atoms with Crippen molar-refractivity contribution in [3.8, 4) is 0 Å². The van der Waals surface area contributed by atoms with E-state index in [9.17, 15) is 14.4 Å². The lowest BCUT2D eigenvalue weighted by Crippen LogP contribution is -2.38. The van der Waals surface area contributed by atoms with E-state index in [2.05, 4.69) is 0 Å². The highest BCUT2D eigenvalue weighted by Crippen LogP contribution is 2.33. The van der Waals surface area contributed by atoms with Crippen molar-refractivity contribution in [2.45, 2.75) is 56.5 Å². The Hall–Kier alpha value is -1.08. The van der Waals surface area contributed by atoms with Gasteiger partial charge in [0, 0.05) is 18.9 Å². The van der Waals surface area contributed by atoms with Crippen LogP contribution in [0.25, 0.3) is 0 Å². The summed E-state index contributed by atoms with van der Waals surface area (Å²) in [5, 5.41) is 8.75. The lowest BCUT2D eigenvalue weighted by atomic mass is 9.81. The normalized spacial score (nSPS) is 29.3. The Kier molecular flexibility index (Phi) is 5.86. The highest BCUT2D eigenvalue weighted by Gasteiger charge is 2.40. The maximum atomic E-state index is 12.3. The maximum Gasteiger partial charge on any atom is 0.246 e. The number of hydrogen-bond acceptors (Lipinski definition) is 5. The molecule has 0 aromatic carbocycles. The number of hydroxylamine groups is 1. The molecule has 1 saturated carbocycles. The van der Waals surface area contributed by atoms with Crippen LogP contribution >= 0.6 is 11.8 Å². The lowest BCUT2D eigenvalue weighted by Gasteiger charge is -2.29. The van der Waals surface area contributed by atoms with Crippen molar-refractivity contribution in [1.82, 2.24) is 10.4 Å². The predicted octanol–water partition coefficient (Wildman–Crippen LogP) is 1.57. The zero-order chi connectivity index (χ0) is 16.3. The minimum atomic E-state index is -0.333. The van der Waals surface area contributed by atoms with Crippen LogP contribution in [0.1, 0.15) is 46.0 Å². The Morgan fingerprint density at radius 3 is 2.50 bits per heavy atom. The zero-order valence-corrected chi connectivity index (χ0v) is 13.9. The summed E-state index contributed by atoms with van der Waals surface area (Å²) in [6.45, 7) is 4.53. The van der Waals surface area contributed by atoms with E-state index in [-0.39, 0.29) is 34.8 Å². The molecule has 124 valence electrons. The monoisotopic (exact) mass is 328 g/mol. The first-order valence-electron chi connectivity index (χ1n) is 7.86. The minimum Gasteiger partial charge on any atom is -0.289 e. The molecule has 1 saturated heterocycles. The lowest BCUT2D eigenvalue weighted by molar-refractivity contribution is -0.140. The summed E-state index contributed by atoms with van der Waals surface area (Å²) in [4.78, 5) is 37.2. The molecule has 1 atom stereocenters. The molecule has 2 fully saturated rings. The Labute approximate surface area is 135 Å². The Balaban J connectivity index is 1.85. The molecule has 1 unspecified atom stereocenters. The van der Waals surface area contributed by atoms with Gasteiger partial charge in [0.15, 0.2) is 0 Å². The third-order valence-electron chi connectivity index (χ3n) is 4.41. The third kappa shape index (κ3) is 4.01. The Morgan fingerprint density at radius 2 is 1.95 bits per heavy atom. The molecule has 2 aliphatic rings. The second-order valence-corrected chi connectivity index (χ2v) is 8.20. The van der Waals surface area contributed by atoms with Gasteiger partial charge in [-0.15, -0.1) is 11.8 Å². The molecule has 6 nitrogen and oxygen atoms in total. The van der Waals surface area contributed by atoms with Gasteiger partial charge in [0.1, 0.15) is 0 Å². The molecule has 7 heteroatoms. The average Bonchev–Trinajstić information content (AvgIpc) is 2.74. The molecule has 2 N–H and O–H groups in total. The molecule has 0 aromatic rings. The number of carbonyl (C=O) groups is 3. The summed E-state index contributed by atoms with van der Waals surface area (Å²) < 4.78 is 0.